The topological polar surface area (TPSA) is 88.5 Å². The van der Waals surface area contributed by atoms with E-state index in [4.69, 9.17) is 0 Å². The predicted molar refractivity (Wildman–Crippen MR) is 168 cm³/mol. The molecule has 0 radical (unpaired) electrons. The minimum absolute atomic E-state index is 0.0943. The van der Waals surface area contributed by atoms with Crippen molar-refractivity contribution in [3.05, 3.63) is 59.2 Å². The Hall–Kier alpha value is -2.66. The molecule has 5 aliphatic rings. The third kappa shape index (κ3) is 3.92. The van der Waals surface area contributed by atoms with E-state index in [2.05, 4.69) is 33.8 Å². The Labute approximate surface area is 257 Å². The van der Waals surface area contributed by atoms with Gasteiger partial charge < -0.3 is 5.11 Å². The van der Waals surface area contributed by atoms with Crippen molar-refractivity contribution in [1.29, 1.82) is 0 Å². The second-order valence-electron chi connectivity index (χ2n) is 15.9. The minimum atomic E-state index is -1.98. The van der Waals surface area contributed by atoms with Gasteiger partial charge in [0.1, 0.15) is 0 Å². The van der Waals surface area contributed by atoms with E-state index < -0.39 is 56.4 Å². The van der Waals surface area contributed by atoms with Gasteiger partial charge in [0.05, 0.1) is 16.9 Å². The van der Waals surface area contributed by atoms with Crippen molar-refractivity contribution < 1.29 is 24.3 Å². The summed E-state index contributed by atoms with van der Waals surface area (Å²) in [5.74, 6) is -2.91. The lowest BCUT2D eigenvalue weighted by Gasteiger charge is -2.74. The molecule has 5 aliphatic carbocycles. The summed E-state index contributed by atoms with van der Waals surface area (Å²) in [6.45, 7) is 18.1. The maximum absolute atomic E-state index is 15.3. The van der Waals surface area contributed by atoms with Gasteiger partial charge in [-0.05, 0) is 81.5 Å². The van der Waals surface area contributed by atoms with E-state index in [1.807, 2.05) is 40.7 Å². The maximum Gasteiger partial charge on any atom is 0.184 e. The first-order valence-corrected chi connectivity index (χ1v) is 16.2. The number of hydrogen-bond donors (Lipinski definition) is 1. The fraction of sp³-hybridized carbons (Fsp3) is 0.632. The zero-order chi connectivity index (χ0) is 31.9. The summed E-state index contributed by atoms with van der Waals surface area (Å²) in [5, 5.41) is 12.2. The van der Waals surface area contributed by atoms with Crippen LogP contribution in [0.1, 0.15) is 105 Å². The highest BCUT2D eigenvalue weighted by Crippen LogP contribution is 2.78. The molecule has 43 heavy (non-hydrogen) atoms. The van der Waals surface area contributed by atoms with Gasteiger partial charge in [-0.1, -0.05) is 95.2 Å². The molecule has 1 N–H and O–H groups in total. The number of aliphatic hydroxyl groups excluding tert-OH is 1. The molecule has 1 aromatic carbocycles. The van der Waals surface area contributed by atoms with Gasteiger partial charge in [-0.15, -0.1) is 0 Å². The highest BCUT2D eigenvalue weighted by molar-refractivity contribution is 6.42. The number of carbonyl (C=O) groups excluding carboxylic acids is 4. The van der Waals surface area contributed by atoms with Gasteiger partial charge in [0.25, 0.3) is 0 Å². The molecule has 5 heteroatoms. The average molecular weight is 587 g/mol. The molecular formula is C38H50O5. The van der Waals surface area contributed by atoms with E-state index in [0.717, 1.165) is 18.4 Å². The van der Waals surface area contributed by atoms with Crippen LogP contribution >= 0.6 is 0 Å². The lowest BCUT2D eigenvalue weighted by Crippen LogP contribution is -2.86. The summed E-state index contributed by atoms with van der Waals surface area (Å²) in [4.78, 5) is 60.3. The number of carbonyl (C=O) groups is 4. The third-order valence-corrected chi connectivity index (χ3v) is 12.5. The van der Waals surface area contributed by atoms with E-state index in [9.17, 15) is 9.90 Å². The lowest BCUT2D eigenvalue weighted by molar-refractivity contribution is -0.249. The normalized spacial score (nSPS) is 37.5. The summed E-state index contributed by atoms with van der Waals surface area (Å²) in [6, 6.07) is 8.64. The summed E-state index contributed by atoms with van der Waals surface area (Å²) < 4.78 is 0. The molecule has 0 saturated heterocycles. The lowest BCUT2D eigenvalue weighted by atomic mass is 9.24. The van der Waals surface area contributed by atoms with Crippen molar-refractivity contribution in [2.24, 2.45) is 50.7 Å². The minimum Gasteiger partial charge on any atom is -0.392 e. The van der Waals surface area contributed by atoms with Gasteiger partial charge in [0, 0.05) is 11.5 Å². The van der Waals surface area contributed by atoms with Crippen LogP contribution in [-0.4, -0.2) is 34.3 Å². The van der Waals surface area contributed by atoms with Crippen LogP contribution in [0.15, 0.2) is 53.6 Å². The van der Waals surface area contributed by atoms with Crippen molar-refractivity contribution in [2.75, 3.05) is 0 Å². The molecule has 6 rings (SSSR count). The zero-order valence-corrected chi connectivity index (χ0v) is 27.5. The van der Waals surface area contributed by atoms with Crippen LogP contribution in [0, 0.1) is 50.7 Å². The van der Waals surface area contributed by atoms with Crippen molar-refractivity contribution in [3.63, 3.8) is 0 Å². The van der Waals surface area contributed by atoms with E-state index in [-0.39, 0.29) is 42.8 Å². The van der Waals surface area contributed by atoms with Gasteiger partial charge in [0.2, 0.25) is 0 Å². The van der Waals surface area contributed by atoms with Crippen LogP contribution in [0.5, 0.6) is 0 Å². The van der Waals surface area contributed by atoms with E-state index in [0.29, 0.717) is 5.56 Å². The smallest absolute Gasteiger partial charge is 0.184 e. The molecule has 1 unspecified atom stereocenters. The van der Waals surface area contributed by atoms with Gasteiger partial charge in [-0.2, -0.15) is 0 Å². The molecular weight excluding hydrogens is 536 g/mol. The molecule has 0 amide bonds. The van der Waals surface area contributed by atoms with Crippen LogP contribution in [0.25, 0.3) is 0 Å². The number of ketones is 4. The summed E-state index contributed by atoms with van der Waals surface area (Å²) in [5.41, 5.74) is -3.97. The SMILES string of the molecule is CC(C)=CCC/C(C)=C/C[C@]12C[C@@H]3[C@@H]4[C@@H](O)C(C)(C)[C@@H](C(C)C)CC4(C1=O)C(=O)[C@](C(=O)c1ccccc1)(C2=O)C3(C)C. The molecule has 7 atom stereocenters. The molecule has 0 aliphatic heterocycles. The first-order chi connectivity index (χ1) is 20.0. The van der Waals surface area contributed by atoms with E-state index >= 15 is 14.4 Å². The Balaban J connectivity index is 1.76. The standard InChI is InChI=1S/C38H50O5/c1-22(2)14-13-15-24(5)18-19-36-20-27-28-30(40)34(6,7)26(23(3)4)21-37(28,31(36)41)33(43)38(32(36)42,35(27,8)9)29(39)25-16-11-10-12-17-25/h10-12,14,16-18,23,26-28,30,40H,13,15,19-21H2,1-9H3/b24-18+/t26-,27-,28-,30-,36+,37?,38+/m1/s1. The highest BCUT2D eigenvalue weighted by Gasteiger charge is 2.89. The van der Waals surface area contributed by atoms with E-state index in [1.165, 1.54) is 5.57 Å². The van der Waals surface area contributed by atoms with Crippen LogP contribution in [0.4, 0.5) is 0 Å². The fourth-order valence-electron chi connectivity index (χ4n) is 10.1. The highest BCUT2D eigenvalue weighted by atomic mass is 16.3. The number of allylic oxidation sites excluding steroid dienone is 4. The maximum atomic E-state index is 15.3. The molecule has 0 aromatic heterocycles. The van der Waals surface area contributed by atoms with Crippen molar-refractivity contribution in [1.82, 2.24) is 0 Å². The van der Waals surface area contributed by atoms with Gasteiger partial charge in [-0.25, -0.2) is 0 Å². The monoisotopic (exact) mass is 586 g/mol. The van der Waals surface area contributed by atoms with Crippen molar-refractivity contribution >= 4 is 23.1 Å². The molecule has 1 aromatic rings. The van der Waals surface area contributed by atoms with Crippen LogP contribution in [-0.2, 0) is 14.4 Å². The second-order valence-corrected chi connectivity index (χ2v) is 15.9. The Morgan fingerprint density at radius 3 is 2.14 bits per heavy atom. The Kier molecular flexibility index (Phi) is 7.52. The molecule has 1 spiro atoms. The van der Waals surface area contributed by atoms with Crippen LogP contribution in [0.2, 0.25) is 0 Å². The zero-order valence-electron chi connectivity index (χ0n) is 27.5. The quantitative estimate of drug-likeness (QED) is 0.195. The first-order valence-electron chi connectivity index (χ1n) is 16.2. The molecule has 232 valence electrons. The van der Waals surface area contributed by atoms with Crippen LogP contribution in [0.3, 0.4) is 0 Å². The van der Waals surface area contributed by atoms with Crippen molar-refractivity contribution in [3.8, 4) is 0 Å². The molecule has 5 saturated carbocycles. The summed E-state index contributed by atoms with van der Waals surface area (Å²) >= 11 is 0. The number of aliphatic hydroxyl groups is 1. The van der Waals surface area contributed by atoms with Gasteiger partial charge >= 0.3 is 0 Å². The Morgan fingerprint density at radius 1 is 0.930 bits per heavy atom. The fourth-order valence-corrected chi connectivity index (χ4v) is 10.1. The first kappa shape index (κ1) is 31.8. The number of Topliss-reactive ketones (excluding diaryl/α,β-unsaturated/α-hetero) is 4. The number of rotatable bonds is 8. The van der Waals surface area contributed by atoms with Crippen molar-refractivity contribution in [2.45, 2.75) is 101 Å². The summed E-state index contributed by atoms with van der Waals surface area (Å²) in [6.07, 6.45) is 5.67. The molecule has 5 nitrogen and oxygen atoms in total. The largest absolute Gasteiger partial charge is 0.392 e. The number of hydrogen-bond acceptors (Lipinski definition) is 5. The molecule has 0 heterocycles. The Bertz CT molecular complexity index is 1420. The average Bonchev–Trinajstić information content (AvgIpc) is 2.93. The third-order valence-electron chi connectivity index (χ3n) is 12.5. The van der Waals surface area contributed by atoms with Gasteiger partial charge in [-0.3, -0.25) is 19.2 Å². The second kappa shape index (κ2) is 10.2. The molecule has 4 bridgehead atoms. The summed E-state index contributed by atoms with van der Waals surface area (Å²) in [7, 11) is 0. The predicted octanol–water partition coefficient (Wildman–Crippen LogP) is 7.37. The Morgan fingerprint density at radius 2 is 1.56 bits per heavy atom. The molecule has 5 fully saturated rings. The van der Waals surface area contributed by atoms with Gasteiger partial charge in [0.15, 0.2) is 28.5 Å². The number of benzene rings is 1. The van der Waals surface area contributed by atoms with E-state index in [1.54, 1.807) is 30.3 Å². The van der Waals surface area contributed by atoms with Crippen LogP contribution < -0.4 is 0 Å².